The number of rotatable bonds is 9. The summed E-state index contributed by atoms with van der Waals surface area (Å²) in [5, 5.41) is 24.6. The molecule has 64 heavy (non-hydrogen) atoms. The first-order valence-corrected chi connectivity index (χ1v) is 20.2. The topological polar surface area (TPSA) is 254 Å². The molecule has 4 aromatic carbocycles. The van der Waals surface area contributed by atoms with Crippen LogP contribution in [-0.2, 0) is 28.5 Å². The van der Waals surface area contributed by atoms with Gasteiger partial charge in [0.1, 0.15) is 30.5 Å². The minimum absolute atomic E-state index is 0.0264. The molecule has 0 saturated carbocycles. The molecule has 0 spiro atoms. The number of carboxylic acids is 2. The van der Waals surface area contributed by atoms with E-state index in [2.05, 4.69) is 57.6 Å². The zero-order chi connectivity index (χ0) is 47.8. The van der Waals surface area contributed by atoms with Crippen molar-refractivity contribution in [2.24, 2.45) is 10.0 Å². The summed E-state index contributed by atoms with van der Waals surface area (Å²) in [5.74, 6) is -2.74. The SMILES string of the molecule is CC(C)(C)OC(=O)NC(NC(=O)OCC1c2ccccc2-c2ccccc21)C(=O)O.CC(C)(C)OC(N)=O.CC(NC(=O)OCC1c2ccccc2-c2ccccc21)C(=O)O.[B]=NS. The molecule has 0 heterocycles. The van der Waals surface area contributed by atoms with Crippen LogP contribution in [0.1, 0.15) is 82.6 Å². The Morgan fingerprint density at radius 2 is 0.922 bits per heavy atom. The molecule has 7 N–H and O–H groups in total. The number of thiol groups is 1. The van der Waals surface area contributed by atoms with E-state index in [1.165, 1.54) is 6.92 Å². The van der Waals surface area contributed by atoms with E-state index in [0.29, 0.717) is 0 Å². The predicted molar refractivity (Wildman–Crippen MR) is 242 cm³/mol. The van der Waals surface area contributed by atoms with E-state index in [1.807, 2.05) is 84.9 Å². The summed E-state index contributed by atoms with van der Waals surface area (Å²) in [6, 6.07) is 30.8. The van der Waals surface area contributed by atoms with Gasteiger partial charge in [-0.15, -0.1) is 0 Å². The van der Waals surface area contributed by atoms with Gasteiger partial charge in [0.15, 0.2) is 0 Å². The standard InChI is InChI=1S/C22H24N2O6.C18H17NO4.C5H11NO2.BHNS/c1-22(2,3)30-21(28)24-18(19(25)26)23-20(27)29-12-17-15-10-6-4-8-13(15)14-9-5-7-11-16(14)17;1-11(17(20)21)19-18(22)23-10-16-14-8-4-2-6-12(14)13-7-3-5-9-15(13)16;1-5(2,3)8-4(6)7;1-2-3/h4-11,17-18H,12H2,1-3H3,(H,23,27)(H,24,28)(H,25,26);2-9,11,16H,10H2,1H3,(H,19,22)(H,20,21);1-3H3,(H2,6,7);3H. The molecule has 0 aromatic heterocycles. The Hall–Kier alpha value is -6.89. The van der Waals surface area contributed by atoms with Crippen LogP contribution in [0.3, 0.4) is 0 Å². The number of hydrogen-bond donors (Lipinski definition) is 7. The van der Waals surface area contributed by atoms with Gasteiger partial charge in [0.2, 0.25) is 6.17 Å². The van der Waals surface area contributed by atoms with Crippen LogP contribution in [0.4, 0.5) is 19.2 Å². The molecule has 4 aromatic rings. The summed E-state index contributed by atoms with van der Waals surface area (Å²) in [5.41, 5.74) is 12.2. The monoisotopic (exact) mass is 898 g/mol. The summed E-state index contributed by atoms with van der Waals surface area (Å²) < 4.78 is 22.8. The van der Waals surface area contributed by atoms with Crippen molar-refractivity contribution in [3.63, 3.8) is 0 Å². The van der Waals surface area contributed by atoms with Gasteiger partial charge in [-0.25, -0.2) is 24.0 Å². The van der Waals surface area contributed by atoms with Crippen LogP contribution in [0.15, 0.2) is 101 Å². The number of nitrogens with two attached hydrogens (primary N) is 1. The molecule has 0 aliphatic heterocycles. The molecule has 2 aliphatic rings. The van der Waals surface area contributed by atoms with Gasteiger partial charge in [-0.2, -0.15) is 0 Å². The summed E-state index contributed by atoms with van der Waals surface area (Å²) in [6.45, 7) is 11.8. The Labute approximate surface area is 378 Å². The van der Waals surface area contributed by atoms with Crippen molar-refractivity contribution in [1.29, 1.82) is 0 Å². The fraction of sp³-hybridized carbons (Fsp3) is 0.333. The van der Waals surface area contributed by atoms with E-state index >= 15 is 0 Å². The number of carbonyl (C=O) groups is 6. The van der Waals surface area contributed by atoms with Crippen LogP contribution in [0.25, 0.3) is 22.3 Å². The number of nitrogens with one attached hydrogen (secondary N) is 3. The second-order valence-corrected chi connectivity index (χ2v) is 16.3. The first-order valence-electron chi connectivity index (χ1n) is 19.8. The average Bonchev–Trinajstić information content (AvgIpc) is 3.70. The van der Waals surface area contributed by atoms with Gasteiger partial charge in [-0.05, 0) is 93.0 Å². The summed E-state index contributed by atoms with van der Waals surface area (Å²) in [4.78, 5) is 67.9. The van der Waals surface area contributed by atoms with E-state index < -0.39 is 59.7 Å². The molecule has 17 nitrogen and oxygen atoms in total. The Balaban J connectivity index is 0.000000282. The zero-order valence-electron chi connectivity index (χ0n) is 36.5. The van der Waals surface area contributed by atoms with Crippen LogP contribution < -0.4 is 21.7 Å². The number of primary amides is 1. The second-order valence-electron chi connectivity index (χ2n) is 16.1. The van der Waals surface area contributed by atoms with Crippen molar-refractivity contribution in [2.75, 3.05) is 13.2 Å². The Bertz CT molecular complexity index is 2210. The van der Waals surface area contributed by atoms with Crippen LogP contribution >= 0.6 is 12.8 Å². The third-order valence-electron chi connectivity index (χ3n) is 8.97. The zero-order valence-corrected chi connectivity index (χ0v) is 37.4. The van der Waals surface area contributed by atoms with E-state index in [0.717, 1.165) is 44.5 Å². The number of nitrogens with zero attached hydrogens (tertiary/aromatic N) is 1. The van der Waals surface area contributed by atoms with Gasteiger partial charge in [0.05, 0.1) is 0 Å². The van der Waals surface area contributed by atoms with Crippen molar-refractivity contribution >= 4 is 56.8 Å². The number of carboxylic acid groups (broad SMARTS) is 2. The minimum atomic E-state index is -1.68. The van der Waals surface area contributed by atoms with E-state index in [1.54, 1.807) is 41.5 Å². The number of fused-ring (bicyclic) bond motifs is 6. The van der Waals surface area contributed by atoms with Gasteiger partial charge in [0, 0.05) is 11.8 Å². The Kier molecular flexibility index (Phi) is 18.9. The molecule has 4 amide bonds. The second kappa shape index (κ2) is 23.5. The molecular weight excluding hydrogens is 845 g/mol. The number of hydrogen-bond acceptors (Lipinski definition) is 12. The van der Waals surface area contributed by atoms with E-state index in [9.17, 15) is 33.9 Å². The van der Waals surface area contributed by atoms with Crippen LogP contribution in [0.5, 0.6) is 0 Å². The molecule has 6 rings (SSSR count). The molecule has 2 unspecified atom stereocenters. The van der Waals surface area contributed by atoms with Crippen molar-refractivity contribution in [2.45, 2.75) is 83.7 Å². The number of carbonyl (C=O) groups excluding carboxylic acids is 4. The van der Waals surface area contributed by atoms with Gasteiger partial charge >= 0.3 is 61.1 Å². The van der Waals surface area contributed by atoms with Crippen LogP contribution in [-0.4, -0.2) is 90.8 Å². The first kappa shape index (κ1) is 51.5. The fourth-order valence-corrected chi connectivity index (χ4v) is 6.52. The van der Waals surface area contributed by atoms with Gasteiger partial charge in [0.25, 0.3) is 0 Å². The van der Waals surface area contributed by atoms with Crippen molar-refractivity contribution in [1.82, 2.24) is 16.0 Å². The van der Waals surface area contributed by atoms with Crippen LogP contribution in [0.2, 0.25) is 0 Å². The summed E-state index contributed by atoms with van der Waals surface area (Å²) >= 11 is 3.19. The van der Waals surface area contributed by atoms with Crippen LogP contribution in [0, 0.1) is 0 Å². The number of benzene rings is 4. The molecule has 0 bridgehead atoms. The maximum absolute atomic E-state index is 12.2. The molecule has 0 fully saturated rings. The molecular formula is C45H53BN5O12S. The molecule has 1 radical (unpaired) electrons. The first-order chi connectivity index (χ1) is 30.1. The average molecular weight is 899 g/mol. The summed E-state index contributed by atoms with van der Waals surface area (Å²) in [6.07, 6.45) is -5.05. The van der Waals surface area contributed by atoms with Gasteiger partial charge in [-0.3, -0.25) is 15.4 Å². The van der Waals surface area contributed by atoms with Crippen molar-refractivity contribution < 1.29 is 57.9 Å². The Morgan fingerprint density at radius 3 is 1.20 bits per heavy atom. The van der Waals surface area contributed by atoms with Crippen molar-refractivity contribution in [3.8, 4) is 22.3 Å². The third-order valence-corrected chi connectivity index (χ3v) is 8.97. The number of ether oxygens (including phenoxy) is 4. The number of amides is 4. The van der Waals surface area contributed by atoms with Gasteiger partial charge in [-0.1, -0.05) is 97.1 Å². The molecule has 0 saturated heterocycles. The maximum atomic E-state index is 12.2. The molecule has 2 atom stereocenters. The van der Waals surface area contributed by atoms with Gasteiger partial charge < -0.3 is 40.2 Å². The fourth-order valence-electron chi connectivity index (χ4n) is 6.52. The summed E-state index contributed by atoms with van der Waals surface area (Å²) in [7, 11) is 4.34. The molecule has 2 aliphatic carbocycles. The predicted octanol–water partition coefficient (Wildman–Crippen LogP) is 7.52. The number of aliphatic carboxylic acids is 2. The molecule has 19 heteroatoms. The quantitative estimate of drug-likeness (QED) is 0.0373. The molecule has 339 valence electrons. The third kappa shape index (κ3) is 15.8. The number of alkyl carbamates (subject to hydrolysis) is 3. The Morgan fingerprint density at radius 1 is 0.609 bits per heavy atom. The van der Waals surface area contributed by atoms with Crippen molar-refractivity contribution in [3.05, 3.63) is 119 Å². The normalized spacial score (nSPS) is 12.9. The van der Waals surface area contributed by atoms with E-state index in [-0.39, 0.29) is 25.0 Å². The van der Waals surface area contributed by atoms with E-state index in [4.69, 9.17) is 25.1 Å².